The van der Waals surface area contributed by atoms with E-state index in [9.17, 15) is 0 Å². The molecule has 1 aliphatic rings. The van der Waals surface area contributed by atoms with Crippen molar-refractivity contribution >= 4 is 48.0 Å². The molecule has 2 rings (SSSR count). The molecule has 1 aromatic carbocycles. The third-order valence-corrected chi connectivity index (χ3v) is 1.45. The zero-order valence-electron chi connectivity index (χ0n) is 8.36. The fourth-order valence-electron chi connectivity index (χ4n) is 0.992. The third-order valence-electron chi connectivity index (χ3n) is 1.45. The van der Waals surface area contributed by atoms with Gasteiger partial charge in [-0.2, -0.15) is 0 Å². The molecule has 0 aromatic heterocycles. The zero-order valence-corrected chi connectivity index (χ0v) is 13.0. The molecule has 0 spiro atoms. The number of hydrogen-bond donors (Lipinski definition) is 0. The summed E-state index contributed by atoms with van der Waals surface area (Å²) >= 11 is 0. The van der Waals surface area contributed by atoms with Gasteiger partial charge in [0.15, 0.2) is 11.5 Å². The van der Waals surface area contributed by atoms with Crippen molar-refractivity contribution in [3.63, 3.8) is 0 Å². The molecular weight excluding hydrogens is 406 g/mol. The summed E-state index contributed by atoms with van der Waals surface area (Å²) in [6.45, 7) is 5.33. The number of halogens is 2. The lowest BCUT2D eigenvalue weighted by atomic mass is 10.3. The van der Waals surface area contributed by atoms with E-state index < -0.39 is 0 Å². The van der Waals surface area contributed by atoms with Crippen molar-refractivity contribution < 1.29 is 9.47 Å². The van der Waals surface area contributed by atoms with E-state index in [4.69, 9.17) is 9.47 Å². The molecular formula is C10H16I2O2. The van der Waals surface area contributed by atoms with Gasteiger partial charge in [-0.1, -0.05) is 26.0 Å². The van der Waals surface area contributed by atoms with Crippen molar-refractivity contribution in [1.29, 1.82) is 0 Å². The van der Waals surface area contributed by atoms with Crippen LogP contribution in [0.1, 0.15) is 13.8 Å². The summed E-state index contributed by atoms with van der Waals surface area (Å²) in [5, 5.41) is 0. The molecule has 0 atom stereocenters. The summed E-state index contributed by atoms with van der Waals surface area (Å²) in [6.07, 6.45) is 0. The summed E-state index contributed by atoms with van der Waals surface area (Å²) in [6, 6.07) is 7.70. The number of rotatable bonds is 0. The molecule has 0 saturated carbocycles. The Bertz CT molecular complexity index is 216. The van der Waals surface area contributed by atoms with Crippen LogP contribution in [0.5, 0.6) is 11.5 Å². The second kappa shape index (κ2) is 9.82. The average Bonchev–Trinajstić information content (AvgIpc) is 2.21. The average molecular weight is 422 g/mol. The highest BCUT2D eigenvalue weighted by Crippen LogP contribution is 2.28. The Morgan fingerprint density at radius 2 is 1.21 bits per heavy atom. The molecule has 0 radical (unpaired) electrons. The smallest absolute Gasteiger partial charge is 0.161 e. The first kappa shape index (κ1) is 16.7. The summed E-state index contributed by atoms with van der Waals surface area (Å²) in [5.74, 6) is 1.71. The molecule has 0 aliphatic carbocycles. The van der Waals surface area contributed by atoms with Crippen LogP contribution < -0.4 is 9.47 Å². The third kappa shape index (κ3) is 4.68. The lowest BCUT2D eigenvalue weighted by Gasteiger charge is -2.17. The van der Waals surface area contributed by atoms with Gasteiger partial charge in [0.1, 0.15) is 13.2 Å². The van der Waals surface area contributed by atoms with Crippen molar-refractivity contribution in [2.75, 3.05) is 13.2 Å². The van der Waals surface area contributed by atoms with E-state index in [1.165, 1.54) is 0 Å². The first-order chi connectivity index (χ1) is 5.97. The van der Waals surface area contributed by atoms with E-state index in [1.807, 2.05) is 38.1 Å². The van der Waals surface area contributed by atoms with Gasteiger partial charge in [-0.3, -0.25) is 0 Å². The Labute approximate surface area is 119 Å². The molecule has 0 N–H and O–H groups in total. The van der Waals surface area contributed by atoms with Gasteiger partial charge < -0.3 is 9.47 Å². The molecule has 0 unspecified atom stereocenters. The monoisotopic (exact) mass is 422 g/mol. The highest BCUT2D eigenvalue weighted by molar-refractivity contribution is 14.0. The van der Waals surface area contributed by atoms with Gasteiger partial charge in [-0.05, 0) is 12.1 Å². The number of ether oxygens (including phenoxy) is 2. The maximum Gasteiger partial charge on any atom is 0.161 e. The molecule has 2 nitrogen and oxygen atoms in total. The zero-order chi connectivity index (χ0) is 8.81. The summed E-state index contributed by atoms with van der Waals surface area (Å²) < 4.78 is 10.6. The lowest BCUT2D eigenvalue weighted by molar-refractivity contribution is 0.171. The van der Waals surface area contributed by atoms with Crippen molar-refractivity contribution in [2.24, 2.45) is 0 Å². The van der Waals surface area contributed by atoms with E-state index in [-0.39, 0.29) is 48.0 Å². The maximum absolute atomic E-state index is 5.30. The van der Waals surface area contributed by atoms with Crippen LogP contribution in [0.4, 0.5) is 0 Å². The standard InChI is InChI=1S/C8H8O2.C2H6.2HI/c1-2-4-8-7(3-1)9-5-6-10-8;1-2;;/h1-4H,5-6H2;1-2H3;2*1H. The van der Waals surface area contributed by atoms with Crippen LogP contribution in [0.15, 0.2) is 24.3 Å². The van der Waals surface area contributed by atoms with Gasteiger partial charge in [0, 0.05) is 0 Å². The maximum atomic E-state index is 5.30. The Kier molecular flexibility index (Phi) is 11.7. The summed E-state index contributed by atoms with van der Waals surface area (Å²) in [7, 11) is 0. The van der Waals surface area contributed by atoms with E-state index in [0.29, 0.717) is 13.2 Å². The number of hydrogen-bond acceptors (Lipinski definition) is 2. The van der Waals surface area contributed by atoms with Crippen LogP contribution in [0, 0.1) is 0 Å². The summed E-state index contributed by atoms with van der Waals surface area (Å²) in [5.41, 5.74) is 0. The second-order valence-electron chi connectivity index (χ2n) is 2.14. The normalized spacial score (nSPS) is 11.0. The molecule has 1 aliphatic heterocycles. The molecule has 14 heavy (non-hydrogen) atoms. The molecule has 0 saturated heterocycles. The Hall–Kier alpha value is 0.280. The largest absolute Gasteiger partial charge is 0.486 e. The van der Waals surface area contributed by atoms with E-state index in [1.54, 1.807) is 0 Å². The fraction of sp³-hybridized carbons (Fsp3) is 0.400. The number of fused-ring (bicyclic) bond motifs is 1. The topological polar surface area (TPSA) is 18.5 Å². The Morgan fingerprint density at radius 3 is 1.57 bits per heavy atom. The molecule has 0 fully saturated rings. The minimum atomic E-state index is 0. The van der Waals surface area contributed by atoms with E-state index >= 15 is 0 Å². The predicted octanol–water partition coefficient (Wildman–Crippen LogP) is 3.72. The number of para-hydroxylation sites is 2. The minimum absolute atomic E-state index is 0. The number of benzene rings is 1. The van der Waals surface area contributed by atoms with E-state index in [2.05, 4.69) is 0 Å². The van der Waals surface area contributed by atoms with Gasteiger partial charge >= 0.3 is 0 Å². The van der Waals surface area contributed by atoms with Gasteiger partial charge in [-0.15, -0.1) is 48.0 Å². The van der Waals surface area contributed by atoms with Gasteiger partial charge in [0.05, 0.1) is 0 Å². The quantitative estimate of drug-likeness (QED) is 0.594. The second-order valence-corrected chi connectivity index (χ2v) is 2.14. The molecule has 0 amide bonds. The van der Waals surface area contributed by atoms with Crippen LogP contribution >= 0.6 is 48.0 Å². The highest BCUT2D eigenvalue weighted by atomic mass is 127. The summed E-state index contributed by atoms with van der Waals surface area (Å²) in [4.78, 5) is 0. The van der Waals surface area contributed by atoms with Gasteiger partial charge in [0.25, 0.3) is 0 Å². The molecule has 1 aromatic rings. The lowest BCUT2D eigenvalue weighted by Crippen LogP contribution is -2.14. The highest BCUT2D eigenvalue weighted by Gasteiger charge is 2.07. The van der Waals surface area contributed by atoms with Crippen LogP contribution in [-0.4, -0.2) is 13.2 Å². The SMILES string of the molecule is CC.I.I.c1ccc2c(c1)OCCO2. The molecule has 82 valence electrons. The van der Waals surface area contributed by atoms with Crippen molar-refractivity contribution in [3.05, 3.63) is 24.3 Å². The Balaban J connectivity index is 0. The van der Waals surface area contributed by atoms with Crippen molar-refractivity contribution in [2.45, 2.75) is 13.8 Å². The molecule has 4 heteroatoms. The van der Waals surface area contributed by atoms with Crippen molar-refractivity contribution in [1.82, 2.24) is 0 Å². The molecule has 1 heterocycles. The van der Waals surface area contributed by atoms with E-state index in [0.717, 1.165) is 11.5 Å². The van der Waals surface area contributed by atoms with Crippen LogP contribution in [0.3, 0.4) is 0 Å². The minimum Gasteiger partial charge on any atom is -0.486 e. The predicted molar refractivity (Wildman–Crippen MR) is 79.6 cm³/mol. The van der Waals surface area contributed by atoms with Gasteiger partial charge in [-0.25, -0.2) is 0 Å². The van der Waals surface area contributed by atoms with Crippen molar-refractivity contribution in [3.8, 4) is 11.5 Å². The fourth-order valence-corrected chi connectivity index (χ4v) is 0.992. The van der Waals surface area contributed by atoms with Crippen LogP contribution in [-0.2, 0) is 0 Å². The van der Waals surface area contributed by atoms with Gasteiger partial charge in [0.2, 0.25) is 0 Å². The molecule has 0 bridgehead atoms. The Morgan fingerprint density at radius 1 is 0.857 bits per heavy atom. The van der Waals surface area contributed by atoms with Crippen LogP contribution in [0.2, 0.25) is 0 Å². The first-order valence-corrected chi connectivity index (χ1v) is 4.31. The first-order valence-electron chi connectivity index (χ1n) is 4.31. The van der Waals surface area contributed by atoms with Crippen LogP contribution in [0.25, 0.3) is 0 Å².